The molecule has 0 aliphatic rings. The number of allylic oxidation sites excluding steroid dienone is 2. The molecule has 0 bridgehead atoms. The monoisotopic (exact) mass is 682 g/mol. The van der Waals surface area contributed by atoms with Crippen molar-refractivity contribution in [1.29, 1.82) is 0 Å². The van der Waals surface area contributed by atoms with E-state index >= 15 is 0 Å². The van der Waals surface area contributed by atoms with E-state index in [-0.39, 0.29) is 6.61 Å². The minimum absolute atomic E-state index is 0.342. The summed E-state index contributed by atoms with van der Waals surface area (Å²) in [7, 11) is 0. The molecular formula is C40H42O6S2. The summed E-state index contributed by atoms with van der Waals surface area (Å²) >= 11 is 3.47. The topological polar surface area (TPSA) is 93.1 Å². The van der Waals surface area contributed by atoms with E-state index in [4.69, 9.17) is 14.6 Å². The highest BCUT2D eigenvalue weighted by atomic mass is 32.2. The third-order valence-corrected chi connectivity index (χ3v) is 9.64. The van der Waals surface area contributed by atoms with Crippen LogP contribution in [0.5, 0.6) is 5.75 Å². The number of hydrogen-bond acceptors (Lipinski definition) is 6. The van der Waals surface area contributed by atoms with Crippen LogP contribution in [0.3, 0.4) is 0 Å². The van der Waals surface area contributed by atoms with E-state index in [2.05, 4.69) is 74.5 Å². The summed E-state index contributed by atoms with van der Waals surface area (Å²) in [5.74, 6) is 0.340. The number of carbonyl (C=O) groups is 2. The molecule has 4 rings (SSSR count). The lowest BCUT2D eigenvalue weighted by Gasteiger charge is -2.12. The first-order chi connectivity index (χ1) is 23.1. The first kappa shape index (κ1) is 36.6. The molecule has 2 N–H and O–H groups in total. The molecule has 0 saturated carbocycles. The third-order valence-electron chi connectivity index (χ3n) is 7.78. The van der Waals surface area contributed by atoms with Gasteiger partial charge in [-0.3, -0.25) is 0 Å². The Morgan fingerprint density at radius 2 is 1.27 bits per heavy atom. The van der Waals surface area contributed by atoms with Crippen LogP contribution in [0, 0.1) is 6.92 Å². The number of hydrogen-bond donors (Lipinski definition) is 2. The van der Waals surface area contributed by atoms with E-state index in [1.54, 1.807) is 30.4 Å². The fraction of sp³-hybridized carbons (Fsp3) is 0.250. The summed E-state index contributed by atoms with van der Waals surface area (Å²) in [6, 6.07) is 31.2. The lowest BCUT2D eigenvalue weighted by Crippen LogP contribution is -2.26. The van der Waals surface area contributed by atoms with E-state index < -0.39 is 18.0 Å². The van der Waals surface area contributed by atoms with Crippen LogP contribution in [0.15, 0.2) is 113 Å². The summed E-state index contributed by atoms with van der Waals surface area (Å²) in [5.41, 5.74) is 9.02. The minimum atomic E-state index is -0.986. The van der Waals surface area contributed by atoms with Crippen molar-refractivity contribution in [3.8, 4) is 16.9 Å². The fourth-order valence-corrected chi connectivity index (χ4v) is 6.78. The third kappa shape index (κ3) is 11.2. The van der Waals surface area contributed by atoms with Crippen molar-refractivity contribution in [3.63, 3.8) is 0 Å². The van der Waals surface area contributed by atoms with Crippen LogP contribution >= 0.6 is 23.5 Å². The molecule has 6 nitrogen and oxygen atoms in total. The maximum absolute atomic E-state index is 11.4. The smallest absolute Gasteiger partial charge is 0.341 e. The summed E-state index contributed by atoms with van der Waals surface area (Å²) in [6.45, 7) is 8.02. The molecule has 0 aliphatic carbocycles. The van der Waals surface area contributed by atoms with Gasteiger partial charge in [-0.1, -0.05) is 72.8 Å². The van der Waals surface area contributed by atoms with Crippen molar-refractivity contribution in [1.82, 2.24) is 0 Å². The summed E-state index contributed by atoms with van der Waals surface area (Å²) in [6.07, 6.45) is 4.00. The lowest BCUT2D eigenvalue weighted by molar-refractivity contribution is -0.150. The van der Waals surface area contributed by atoms with Gasteiger partial charge in [0, 0.05) is 34.3 Å². The van der Waals surface area contributed by atoms with Gasteiger partial charge in [0.15, 0.2) is 12.7 Å². The molecule has 1 unspecified atom stereocenters. The van der Waals surface area contributed by atoms with E-state index in [1.165, 1.54) is 33.4 Å². The van der Waals surface area contributed by atoms with Gasteiger partial charge in [0.1, 0.15) is 5.75 Å². The molecule has 0 radical (unpaired) electrons. The molecule has 4 aromatic rings. The highest BCUT2D eigenvalue weighted by molar-refractivity contribution is 7.99. The second-order valence-electron chi connectivity index (χ2n) is 11.3. The molecule has 250 valence electrons. The van der Waals surface area contributed by atoms with Crippen molar-refractivity contribution < 1.29 is 29.3 Å². The van der Waals surface area contributed by atoms with Gasteiger partial charge < -0.3 is 19.7 Å². The normalized spacial score (nSPS) is 12.5. The molecule has 0 fully saturated rings. The van der Waals surface area contributed by atoms with Crippen LogP contribution < -0.4 is 4.74 Å². The van der Waals surface area contributed by atoms with Crippen molar-refractivity contribution in [2.75, 3.05) is 24.7 Å². The molecule has 0 spiro atoms. The van der Waals surface area contributed by atoms with Crippen molar-refractivity contribution in [2.24, 2.45) is 0 Å². The number of aryl methyl sites for hydroxylation is 1. The van der Waals surface area contributed by atoms with Gasteiger partial charge in [-0.05, 0) is 103 Å². The zero-order chi connectivity index (χ0) is 34.5. The molecule has 0 amide bonds. The van der Waals surface area contributed by atoms with Gasteiger partial charge in [0.05, 0.1) is 0 Å². The Kier molecular flexibility index (Phi) is 14.0. The molecule has 48 heavy (non-hydrogen) atoms. The van der Waals surface area contributed by atoms with Crippen LogP contribution in [0.4, 0.5) is 0 Å². The Hall–Kier alpha value is -4.24. The molecule has 0 heterocycles. The Bertz CT molecular complexity index is 1730. The van der Waals surface area contributed by atoms with E-state index in [9.17, 15) is 14.7 Å². The standard InChI is InChI=1S/C40H42O6S2/c1-5-45-38(40(43)44)25-30-6-16-35(17-7-30)47-22-20-27(2)31-8-12-33(13-9-31)34-14-10-32(11-15-34)28(3)21-23-48-36-18-19-37(29(4)24-36)46-26-39(41)42/h6-21,24,38H,5,22-23,25-26H2,1-4H3,(H,41,42)(H,43,44). The maximum atomic E-state index is 11.4. The van der Waals surface area contributed by atoms with Crippen molar-refractivity contribution in [3.05, 3.63) is 125 Å². The number of ether oxygens (including phenoxy) is 2. The summed E-state index contributed by atoms with van der Waals surface area (Å²) in [5, 5.41) is 18.1. The molecular weight excluding hydrogens is 641 g/mol. The van der Waals surface area contributed by atoms with Crippen LogP contribution in [0.25, 0.3) is 22.3 Å². The van der Waals surface area contributed by atoms with Crippen molar-refractivity contribution >= 4 is 46.6 Å². The van der Waals surface area contributed by atoms with Crippen LogP contribution in [0.1, 0.15) is 43.0 Å². The van der Waals surface area contributed by atoms with Gasteiger partial charge in [-0.15, -0.1) is 23.5 Å². The maximum Gasteiger partial charge on any atom is 0.341 e. The average Bonchev–Trinajstić information content (AvgIpc) is 3.08. The predicted octanol–water partition coefficient (Wildman–Crippen LogP) is 9.55. The quantitative estimate of drug-likeness (QED) is 0.106. The number of benzene rings is 4. The van der Waals surface area contributed by atoms with Crippen LogP contribution in [-0.2, 0) is 20.7 Å². The molecule has 0 saturated heterocycles. The highest BCUT2D eigenvalue weighted by Gasteiger charge is 2.17. The number of rotatable bonds is 17. The number of thioether (sulfide) groups is 2. The SMILES string of the molecule is CCOC(Cc1ccc(SCC=C(C)c2ccc(-c3ccc(C(C)=CCSc4ccc(OCC(=O)O)c(C)c4)cc3)cc2)cc1)C(=O)O. The summed E-state index contributed by atoms with van der Waals surface area (Å²) < 4.78 is 10.6. The minimum Gasteiger partial charge on any atom is -0.482 e. The largest absolute Gasteiger partial charge is 0.482 e. The molecule has 0 aliphatic heterocycles. The van der Waals surface area contributed by atoms with Gasteiger partial charge >= 0.3 is 11.9 Å². The number of carboxylic acids is 2. The van der Waals surface area contributed by atoms with Crippen molar-refractivity contribution in [2.45, 2.75) is 50.0 Å². The Balaban J connectivity index is 1.26. The first-order valence-electron chi connectivity index (χ1n) is 15.8. The Morgan fingerprint density at radius 3 is 1.75 bits per heavy atom. The van der Waals surface area contributed by atoms with E-state index in [0.29, 0.717) is 18.8 Å². The Morgan fingerprint density at radius 1 is 0.750 bits per heavy atom. The van der Waals surface area contributed by atoms with Gasteiger partial charge in [0.25, 0.3) is 0 Å². The zero-order valence-corrected chi connectivity index (χ0v) is 29.4. The molecule has 1 atom stereocenters. The van der Waals surface area contributed by atoms with E-state index in [1.807, 2.05) is 49.4 Å². The van der Waals surface area contributed by atoms with Gasteiger partial charge in [-0.2, -0.15) is 0 Å². The van der Waals surface area contributed by atoms with Crippen LogP contribution in [-0.4, -0.2) is 53.0 Å². The zero-order valence-electron chi connectivity index (χ0n) is 27.8. The highest BCUT2D eigenvalue weighted by Crippen LogP contribution is 2.28. The number of carboxylic acid groups (broad SMARTS) is 2. The molecule has 8 heteroatoms. The molecule has 0 aromatic heterocycles. The van der Waals surface area contributed by atoms with Gasteiger partial charge in [0.2, 0.25) is 0 Å². The average molecular weight is 683 g/mol. The predicted molar refractivity (Wildman–Crippen MR) is 198 cm³/mol. The second kappa shape index (κ2) is 18.3. The number of aliphatic carboxylic acids is 2. The second-order valence-corrected chi connectivity index (χ2v) is 13.5. The van der Waals surface area contributed by atoms with Gasteiger partial charge in [-0.25, -0.2) is 9.59 Å². The lowest BCUT2D eigenvalue weighted by atomic mass is 9.99. The summed E-state index contributed by atoms with van der Waals surface area (Å²) in [4.78, 5) is 24.4. The fourth-order valence-electron chi connectivity index (χ4n) is 4.98. The van der Waals surface area contributed by atoms with Crippen LogP contribution in [0.2, 0.25) is 0 Å². The van der Waals surface area contributed by atoms with E-state index in [0.717, 1.165) is 32.4 Å². The first-order valence-corrected chi connectivity index (χ1v) is 17.8. The Labute approximate surface area is 291 Å². The molecule has 4 aromatic carbocycles.